The number of amides is 1. The Labute approximate surface area is 169 Å². The van der Waals surface area contributed by atoms with Gasteiger partial charge >= 0.3 is 0 Å². The number of pyridine rings is 1. The summed E-state index contributed by atoms with van der Waals surface area (Å²) in [5.74, 6) is 0.0559. The average Bonchev–Trinajstić information content (AvgIpc) is 3.20. The predicted molar refractivity (Wildman–Crippen MR) is 113 cm³/mol. The van der Waals surface area contributed by atoms with Crippen LogP contribution in [0.3, 0.4) is 0 Å². The van der Waals surface area contributed by atoms with Crippen LogP contribution in [-0.4, -0.2) is 28.9 Å². The van der Waals surface area contributed by atoms with Crippen LogP contribution in [0.2, 0.25) is 5.02 Å². The van der Waals surface area contributed by atoms with E-state index in [0.29, 0.717) is 5.56 Å². The standard InChI is InChI=1S/C22H23ClN2OS/c23-20-9-1-6-18(16-20)7-3-13-25(14-4-10-21-11-5-15-27-21)22(26)19-8-2-12-24-17-19/h1-2,5-6,8-9,11-12,15-17H,3-4,7,10,13-14H2. The van der Waals surface area contributed by atoms with Gasteiger partial charge in [-0.05, 0) is 67.0 Å². The number of rotatable bonds is 9. The number of carbonyl (C=O) groups excluding carboxylic acids is 1. The largest absolute Gasteiger partial charge is 0.339 e. The number of aromatic nitrogens is 1. The Bertz CT molecular complexity index is 837. The highest BCUT2D eigenvalue weighted by Gasteiger charge is 2.15. The van der Waals surface area contributed by atoms with Crippen molar-refractivity contribution in [2.45, 2.75) is 25.7 Å². The molecule has 2 aromatic heterocycles. The zero-order valence-corrected chi connectivity index (χ0v) is 16.8. The summed E-state index contributed by atoms with van der Waals surface area (Å²) in [6, 6.07) is 15.8. The Hall–Kier alpha value is -2.17. The molecule has 2 heterocycles. The quantitative estimate of drug-likeness (QED) is 0.476. The Morgan fingerprint density at radius 2 is 1.89 bits per heavy atom. The van der Waals surface area contributed by atoms with E-state index in [1.165, 1.54) is 10.4 Å². The van der Waals surface area contributed by atoms with Crippen LogP contribution in [0, 0.1) is 0 Å². The Kier molecular flexibility index (Phi) is 7.43. The molecule has 27 heavy (non-hydrogen) atoms. The molecule has 0 aliphatic heterocycles. The van der Waals surface area contributed by atoms with E-state index < -0.39 is 0 Å². The zero-order valence-electron chi connectivity index (χ0n) is 15.2. The molecule has 0 fully saturated rings. The van der Waals surface area contributed by atoms with Gasteiger partial charge in [0.2, 0.25) is 0 Å². The van der Waals surface area contributed by atoms with Crippen LogP contribution in [-0.2, 0) is 12.8 Å². The summed E-state index contributed by atoms with van der Waals surface area (Å²) < 4.78 is 0. The molecule has 0 N–H and O–H groups in total. The van der Waals surface area contributed by atoms with E-state index in [4.69, 9.17) is 11.6 Å². The maximum Gasteiger partial charge on any atom is 0.255 e. The van der Waals surface area contributed by atoms with E-state index in [0.717, 1.165) is 43.8 Å². The molecule has 1 amide bonds. The normalized spacial score (nSPS) is 10.7. The van der Waals surface area contributed by atoms with Crippen molar-refractivity contribution in [2.24, 2.45) is 0 Å². The van der Waals surface area contributed by atoms with Gasteiger partial charge in [-0.3, -0.25) is 9.78 Å². The molecule has 3 aromatic rings. The molecule has 0 spiro atoms. The second-order valence-corrected chi connectivity index (χ2v) is 7.92. The molecule has 0 unspecified atom stereocenters. The first-order chi connectivity index (χ1) is 13.2. The lowest BCUT2D eigenvalue weighted by Gasteiger charge is -2.23. The van der Waals surface area contributed by atoms with Gasteiger partial charge in [-0.1, -0.05) is 29.8 Å². The molecule has 1 aromatic carbocycles. The van der Waals surface area contributed by atoms with Gasteiger partial charge in [0.25, 0.3) is 5.91 Å². The van der Waals surface area contributed by atoms with Crippen molar-refractivity contribution in [1.29, 1.82) is 0 Å². The lowest BCUT2D eigenvalue weighted by Crippen LogP contribution is -2.33. The van der Waals surface area contributed by atoms with Crippen molar-refractivity contribution in [3.8, 4) is 0 Å². The molecule has 0 aliphatic rings. The van der Waals surface area contributed by atoms with Gasteiger partial charge in [-0.15, -0.1) is 11.3 Å². The van der Waals surface area contributed by atoms with E-state index in [9.17, 15) is 4.79 Å². The first-order valence-electron chi connectivity index (χ1n) is 9.18. The number of nitrogens with zero attached hydrogens (tertiary/aromatic N) is 2. The Balaban J connectivity index is 1.58. The molecular formula is C22H23ClN2OS. The minimum atomic E-state index is 0.0559. The number of carbonyl (C=O) groups is 1. The monoisotopic (exact) mass is 398 g/mol. The molecule has 5 heteroatoms. The third kappa shape index (κ3) is 6.19. The topological polar surface area (TPSA) is 33.2 Å². The van der Waals surface area contributed by atoms with E-state index >= 15 is 0 Å². The summed E-state index contributed by atoms with van der Waals surface area (Å²) in [5.41, 5.74) is 1.85. The fraction of sp³-hybridized carbons (Fsp3) is 0.273. The highest BCUT2D eigenvalue weighted by molar-refractivity contribution is 7.09. The van der Waals surface area contributed by atoms with Crippen molar-refractivity contribution >= 4 is 28.8 Å². The van der Waals surface area contributed by atoms with E-state index in [1.807, 2.05) is 35.2 Å². The molecule has 0 radical (unpaired) electrons. The third-order valence-electron chi connectivity index (χ3n) is 4.41. The fourth-order valence-electron chi connectivity index (χ4n) is 3.05. The molecule has 0 saturated carbocycles. The van der Waals surface area contributed by atoms with Crippen LogP contribution < -0.4 is 0 Å². The molecule has 0 aliphatic carbocycles. The van der Waals surface area contributed by atoms with E-state index in [2.05, 4.69) is 28.6 Å². The Morgan fingerprint density at radius 3 is 2.59 bits per heavy atom. The van der Waals surface area contributed by atoms with Crippen LogP contribution in [0.15, 0.2) is 66.3 Å². The molecule has 3 rings (SSSR count). The molecule has 0 bridgehead atoms. The number of hydrogen-bond donors (Lipinski definition) is 0. The maximum absolute atomic E-state index is 12.9. The van der Waals surface area contributed by atoms with Gasteiger partial charge in [-0.25, -0.2) is 0 Å². The van der Waals surface area contributed by atoms with Crippen molar-refractivity contribution in [3.63, 3.8) is 0 Å². The SMILES string of the molecule is O=C(c1cccnc1)N(CCCc1cccc(Cl)c1)CCCc1cccs1. The lowest BCUT2D eigenvalue weighted by molar-refractivity contribution is 0.0751. The fourth-order valence-corrected chi connectivity index (χ4v) is 4.02. The van der Waals surface area contributed by atoms with Gasteiger partial charge in [0.1, 0.15) is 0 Å². The first-order valence-corrected chi connectivity index (χ1v) is 10.4. The number of halogens is 1. The number of aryl methyl sites for hydroxylation is 2. The smallest absolute Gasteiger partial charge is 0.255 e. The summed E-state index contributed by atoms with van der Waals surface area (Å²) in [5, 5.41) is 2.85. The molecule has 0 saturated heterocycles. The summed E-state index contributed by atoms with van der Waals surface area (Å²) in [6.45, 7) is 1.48. The summed E-state index contributed by atoms with van der Waals surface area (Å²) in [7, 11) is 0. The first kappa shape index (κ1) is 19.6. The average molecular weight is 399 g/mol. The second kappa shape index (κ2) is 10.2. The Morgan fingerprint density at radius 1 is 1.04 bits per heavy atom. The van der Waals surface area contributed by atoms with E-state index in [1.54, 1.807) is 23.7 Å². The van der Waals surface area contributed by atoms with Crippen molar-refractivity contribution in [2.75, 3.05) is 13.1 Å². The van der Waals surface area contributed by atoms with Crippen LogP contribution >= 0.6 is 22.9 Å². The van der Waals surface area contributed by atoms with Gasteiger partial charge in [-0.2, -0.15) is 0 Å². The molecular weight excluding hydrogens is 376 g/mol. The number of hydrogen-bond acceptors (Lipinski definition) is 3. The highest BCUT2D eigenvalue weighted by atomic mass is 35.5. The van der Waals surface area contributed by atoms with Crippen LogP contribution in [0.4, 0.5) is 0 Å². The van der Waals surface area contributed by atoms with Gasteiger partial charge in [0.05, 0.1) is 5.56 Å². The van der Waals surface area contributed by atoms with Gasteiger partial charge in [0.15, 0.2) is 0 Å². The lowest BCUT2D eigenvalue weighted by atomic mass is 10.1. The summed E-state index contributed by atoms with van der Waals surface area (Å²) in [6.07, 6.45) is 7.11. The van der Waals surface area contributed by atoms with Crippen LogP contribution in [0.5, 0.6) is 0 Å². The molecule has 0 atom stereocenters. The molecule has 3 nitrogen and oxygen atoms in total. The van der Waals surface area contributed by atoms with Gasteiger partial charge < -0.3 is 4.90 Å². The van der Waals surface area contributed by atoms with Crippen molar-refractivity contribution in [1.82, 2.24) is 9.88 Å². The summed E-state index contributed by atoms with van der Waals surface area (Å²) >= 11 is 7.83. The highest BCUT2D eigenvalue weighted by Crippen LogP contribution is 2.15. The minimum absolute atomic E-state index is 0.0559. The predicted octanol–water partition coefficient (Wildman–Crippen LogP) is 5.50. The maximum atomic E-state index is 12.9. The van der Waals surface area contributed by atoms with Crippen molar-refractivity contribution < 1.29 is 4.79 Å². The van der Waals surface area contributed by atoms with Crippen molar-refractivity contribution in [3.05, 3.63) is 87.3 Å². The summed E-state index contributed by atoms with van der Waals surface area (Å²) in [4.78, 5) is 20.3. The zero-order chi connectivity index (χ0) is 18.9. The van der Waals surface area contributed by atoms with Crippen LogP contribution in [0.1, 0.15) is 33.6 Å². The van der Waals surface area contributed by atoms with Gasteiger partial charge in [0, 0.05) is 35.4 Å². The molecule has 140 valence electrons. The van der Waals surface area contributed by atoms with E-state index in [-0.39, 0.29) is 5.91 Å². The minimum Gasteiger partial charge on any atom is -0.339 e. The van der Waals surface area contributed by atoms with Crippen LogP contribution in [0.25, 0.3) is 0 Å². The number of thiophene rings is 1. The second-order valence-electron chi connectivity index (χ2n) is 6.45. The third-order valence-corrected chi connectivity index (χ3v) is 5.58. The number of benzene rings is 1.